The van der Waals surface area contributed by atoms with Gasteiger partial charge in [0.05, 0.1) is 23.7 Å². The number of hydrazone groups is 1. The number of hydrogen-bond acceptors (Lipinski definition) is 3. The summed E-state index contributed by atoms with van der Waals surface area (Å²) in [5.41, 5.74) is 2.24. The van der Waals surface area contributed by atoms with Crippen molar-refractivity contribution in [3.8, 4) is 6.07 Å². The molecule has 0 radical (unpaired) electrons. The van der Waals surface area contributed by atoms with Crippen molar-refractivity contribution < 1.29 is 4.79 Å². The molecule has 17 heavy (non-hydrogen) atoms. The maximum Gasteiger partial charge on any atom is 0.253 e. The first-order valence-corrected chi connectivity index (χ1v) is 5.64. The maximum absolute atomic E-state index is 11.8. The molecule has 0 unspecified atom stereocenters. The average molecular weight is 227 g/mol. The zero-order valence-electron chi connectivity index (χ0n) is 9.68. The van der Waals surface area contributed by atoms with Crippen LogP contribution < -0.4 is 5.01 Å². The van der Waals surface area contributed by atoms with E-state index < -0.39 is 0 Å². The number of hydrogen-bond donors (Lipinski definition) is 0. The van der Waals surface area contributed by atoms with Crippen LogP contribution in [0.4, 0.5) is 5.69 Å². The number of benzene rings is 1. The minimum absolute atomic E-state index is 0.00171. The van der Waals surface area contributed by atoms with Crippen LogP contribution in [-0.4, -0.2) is 11.6 Å². The summed E-state index contributed by atoms with van der Waals surface area (Å²) in [5, 5.41) is 14.4. The molecule has 4 heteroatoms. The molecule has 0 fully saturated rings. The van der Waals surface area contributed by atoms with Crippen LogP contribution in [0.1, 0.15) is 31.7 Å². The molecule has 0 aromatic heterocycles. The van der Waals surface area contributed by atoms with E-state index in [4.69, 9.17) is 5.26 Å². The van der Waals surface area contributed by atoms with E-state index in [-0.39, 0.29) is 5.91 Å². The second kappa shape index (κ2) is 4.79. The molecule has 86 valence electrons. The second-order valence-corrected chi connectivity index (χ2v) is 3.96. The Balaban J connectivity index is 2.22. The largest absolute Gasteiger partial charge is 0.272 e. The Morgan fingerprint density at radius 3 is 2.71 bits per heavy atom. The fourth-order valence-electron chi connectivity index (χ4n) is 1.79. The highest BCUT2D eigenvalue weighted by molar-refractivity contribution is 6.12. The van der Waals surface area contributed by atoms with E-state index in [0.717, 1.165) is 24.2 Å². The van der Waals surface area contributed by atoms with Gasteiger partial charge in [-0.05, 0) is 30.7 Å². The van der Waals surface area contributed by atoms with Gasteiger partial charge in [-0.1, -0.05) is 13.3 Å². The summed E-state index contributed by atoms with van der Waals surface area (Å²) in [6.07, 6.45) is 2.26. The zero-order chi connectivity index (χ0) is 12.3. The summed E-state index contributed by atoms with van der Waals surface area (Å²) in [5.74, 6) is -0.00171. The van der Waals surface area contributed by atoms with Crippen LogP contribution in [0, 0.1) is 11.3 Å². The fourth-order valence-corrected chi connectivity index (χ4v) is 1.79. The predicted molar refractivity (Wildman–Crippen MR) is 65.6 cm³/mol. The van der Waals surface area contributed by atoms with E-state index >= 15 is 0 Å². The lowest BCUT2D eigenvalue weighted by Gasteiger charge is -2.11. The van der Waals surface area contributed by atoms with Gasteiger partial charge in [-0.15, -0.1) is 0 Å². The first kappa shape index (κ1) is 11.3. The normalized spacial score (nSPS) is 14.7. The van der Waals surface area contributed by atoms with Gasteiger partial charge in [0.15, 0.2) is 0 Å². The second-order valence-electron chi connectivity index (χ2n) is 3.96. The third-order valence-corrected chi connectivity index (χ3v) is 2.61. The number of nitriles is 1. The van der Waals surface area contributed by atoms with E-state index in [1.807, 2.05) is 6.07 Å². The molecule has 0 N–H and O–H groups in total. The van der Waals surface area contributed by atoms with Gasteiger partial charge in [-0.3, -0.25) is 4.79 Å². The number of nitrogens with zero attached hydrogens (tertiary/aromatic N) is 3. The summed E-state index contributed by atoms with van der Waals surface area (Å²) in [6, 6.07) is 8.92. The molecular weight excluding hydrogens is 214 g/mol. The van der Waals surface area contributed by atoms with E-state index in [2.05, 4.69) is 12.0 Å². The third-order valence-electron chi connectivity index (χ3n) is 2.61. The van der Waals surface area contributed by atoms with Gasteiger partial charge in [0.1, 0.15) is 0 Å². The lowest BCUT2D eigenvalue weighted by Crippen LogP contribution is -2.19. The number of carbonyl (C=O) groups excluding carboxylic acids is 1. The van der Waals surface area contributed by atoms with Crippen molar-refractivity contribution in [2.24, 2.45) is 5.10 Å². The molecule has 4 nitrogen and oxygen atoms in total. The molecule has 0 saturated heterocycles. The highest BCUT2D eigenvalue weighted by Crippen LogP contribution is 2.21. The van der Waals surface area contributed by atoms with E-state index in [9.17, 15) is 4.79 Å². The highest BCUT2D eigenvalue weighted by atomic mass is 16.2. The summed E-state index contributed by atoms with van der Waals surface area (Å²) < 4.78 is 0. The summed E-state index contributed by atoms with van der Waals surface area (Å²) in [4.78, 5) is 11.8. The van der Waals surface area contributed by atoms with Crippen LogP contribution in [0.2, 0.25) is 0 Å². The molecule has 0 bridgehead atoms. The lowest BCUT2D eigenvalue weighted by molar-refractivity contribution is -0.116. The summed E-state index contributed by atoms with van der Waals surface area (Å²) in [6.45, 7) is 2.07. The molecule has 1 aromatic carbocycles. The van der Waals surface area contributed by atoms with Crippen LogP contribution in [0.5, 0.6) is 0 Å². The van der Waals surface area contributed by atoms with Crippen molar-refractivity contribution in [2.45, 2.75) is 26.2 Å². The van der Waals surface area contributed by atoms with Gasteiger partial charge in [0, 0.05) is 5.71 Å². The quantitative estimate of drug-likeness (QED) is 0.796. The van der Waals surface area contributed by atoms with Crippen molar-refractivity contribution in [1.82, 2.24) is 0 Å². The van der Waals surface area contributed by atoms with Gasteiger partial charge >= 0.3 is 0 Å². The van der Waals surface area contributed by atoms with E-state index in [1.165, 1.54) is 5.01 Å². The molecule has 0 saturated carbocycles. The molecule has 1 heterocycles. The number of carbonyl (C=O) groups is 1. The Morgan fingerprint density at radius 2 is 2.12 bits per heavy atom. The Labute approximate surface area is 100 Å². The molecule has 0 spiro atoms. The van der Waals surface area contributed by atoms with E-state index in [0.29, 0.717) is 12.0 Å². The van der Waals surface area contributed by atoms with Crippen LogP contribution in [0.15, 0.2) is 29.4 Å². The summed E-state index contributed by atoms with van der Waals surface area (Å²) >= 11 is 0. The van der Waals surface area contributed by atoms with Crippen molar-refractivity contribution in [2.75, 3.05) is 5.01 Å². The van der Waals surface area contributed by atoms with Gasteiger partial charge in [0.25, 0.3) is 5.91 Å². The third kappa shape index (κ3) is 2.34. The molecular formula is C13H13N3O. The van der Waals surface area contributed by atoms with Crippen molar-refractivity contribution in [3.63, 3.8) is 0 Å². The predicted octanol–water partition coefficient (Wildman–Crippen LogP) is 2.45. The van der Waals surface area contributed by atoms with E-state index in [1.54, 1.807) is 24.3 Å². The van der Waals surface area contributed by atoms with Crippen molar-refractivity contribution in [1.29, 1.82) is 5.26 Å². The SMILES string of the molecule is CCCC1=NN(c2ccc(C#N)cc2)C(=O)C1. The molecule has 1 amide bonds. The Hall–Kier alpha value is -2.15. The lowest BCUT2D eigenvalue weighted by atomic mass is 10.2. The maximum atomic E-state index is 11.8. The molecule has 1 aliphatic rings. The Morgan fingerprint density at radius 1 is 1.41 bits per heavy atom. The topological polar surface area (TPSA) is 56.5 Å². The monoisotopic (exact) mass is 227 g/mol. The van der Waals surface area contributed by atoms with Crippen LogP contribution in [0.3, 0.4) is 0 Å². The zero-order valence-corrected chi connectivity index (χ0v) is 9.68. The Bertz CT molecular complexity index is 496. The highest BCUT2D eigenvalue weighted by Gasteiger charge is 2.24. The van der Waals surface area contributed by atoms with Gasteiger partial charge in [-0.25, -0.2) is 5.01 Å². The standard InChI is InChI=1S/C13H13N3O/c1-2-3-11-8-13(17)16(15-11)12-6-4-10(9-14)5-7-12/h4-7H,2-3,8H2,1H3. The summed E-state index contributed by atoms with van der Waals surface area (Å²) in [7, 11) is 0. The number of amides is 1. The molecule has 1 aromatic rings. The molecule has 1 aliphatic heterocycles. The minimum atomic E-state index is -0.00171. The van der Waals surface area contributed by atoms with Gasteiger partial charge in [-0.2, -0.15) is 10.4 Å². The average Bonchev–Trinajstić information content (AvgIpc) is 2.71. The number of anilines is 1. The smallest absolute Gasteiger partial charge is 0.253 e. The Kier molecular flexibility index (Phi) is 3.20. The van der Waals surface area contributed by atoms with Crippen LogP contribution >= 0.6 is 0 Å². The minimum Gasteiger partial charge on any atom is -0.272 e. The fraction of sp³-hybridized carbons (Fsp3) is 0.308. The molecule has 0 atom stereocenters. The van der Waals surface area contributed by atoms with Crippen LogP contribution in [-0.2, 0) is 4.79 Å². The first-order chi connectivity index (χ1) is 8.24. The van der Waals surface area contributed by atoms with Crippen LogP contribution in [0.25, 0.3) is 0 Å². The van der Waals surface area contributed by atoms with Gasteiger partial charge < -0.3 is 0 Å². The number of rotatable bonds is 3. The van der Waals surface area contributed by atoms with Crippen molar-refractivity contribution in [3.05, 3.63) is 29.8 Å². The van der Waals surface area contributed by atoms with Gasteiger partial charge in [0.2, 0.25) is 0 Å². The molecule has 0 aliphatic carbocycles. The van der Waals surface area contributed by atoms with Crippen molar-refractivity contribution >= 4 is 17.3 Å². The molecule has 2 rings (SSSR count). The first-order valence-electron chi connectivity index (χ1n) is 5.64.